The van der Waals surface area contributed by atoms with Crippen LogP contribution in [0.15, 0.2) is 41.1 Å². The van der Waals surface area contributed by atoms with Crippen LogP contribution in [0, 0.1) is 5.92 Å². The van der Waals surface area contributed by atoms with Crippen LogP contribution in [0.1, 0.15) is 34.3 Å². The SMILES string of the molecule is O=C(c1ccc(C(F)(F)F)cc1)[C@@H]1CCCN(Cc2ccsc2)C1. The topological polar surface area (TPSA) is 20.3 Å². The lowest BCUT2D eigenvalue weighted by Crippen LogP contribution is -2.38. The molecule has 6 heteroatoms. The van der Waals surface area contributed by atoms with E-state index in [1.54, 1.807) is 11.3 Å². The normalized spacial score (nSPS) is 19.4. The van der Waals surface area contributed by atoms with Crippen LogP contribution in [-0.2, 0) is 12.7 Å². The van der Waals surface area contributed by atoms with Gasteiger partial charge >= 0.3 is 6.18 Å². The lowest BCUT2D eigenvalue weighted by Gasteiger charge is -2.31. The summed E-state index contributed by atoms with van der Waals surface area (Å²) in [6, 6.07) is 6.64. The van der Waals surface area contributed by atoms with E-state index in [4.69, 9.17) is 0 Å². The molecule has 1 aromatic carbocycles. The zero-order valence-electron chi connectivity index (χ0n) is 13.1. The Balaban J connectivity index is 1.65. The molecule has 0 N–H and O–H groups in total. The Labute approximate surface area is 142 Å². The minimum atomic E-state index is -4.37. The van der Waals surface area contributed by atoms with Crippen LogP contribution in [0.5, 0.6) is 0 Å². The van der Waals surface area contributed by atoms with Gasteiger partial charge in [-0.1, -0.05) is 12.1 Å². The number of thiophene rings is 1. The molecule has 3 rings (SSSR count). The number of likely N-dealkylation sites (tertiary alicyclic amines) is 1. The number of Topliss-reactive ketones (excluding diaryl/α,β-unsaturated/α-hetero) is 1. The highest BCUT2D eigenvalue weighted by molar-refractivity contribution is 7.07. The number of piperidine rings is 1. The van der Waals surface area contributed by atoms with E-state index in [1.807, 2.05) is 5.38 Å². The summed E-state index contributed by atoms with van der Waals surface area (Å²) in [6.07, 6.45) is -2.65. The van der Waals surface area contributed by atoms with Crippen molar-refractivity contribution >= 4 is 17.1 Å². The Morgan fingerprint density at radius 2 is 1.96 bits per heavy atom. The van der Waals surface area contributed by atoms with Crippen molar-refractivity contribution in [3.05, 3.63) is 57.8 Å². The molecule has 2 nitrogen and oxygen atoms in total. The van der Waals surface area contributed by atoms with Crippen LogP contribution in [0.2, 0.25) is 0 Å². The van der Waals surface area contributed by atoms with Gasteiger partial charge < -0.3 is 0 Å². The number of rotatable bonds is 4. The molecule has 128 valence electrons. The number of nitrogens with zero attached hydrogens (tertiary/aromatic N) is 1. The van der Waals surface area contributed by atoms with Gasteiger partial charge in [0, 0.05) is 24.6 Å². The molecule has 0 bridgehead atoms. The minimum Gasteiger partial charge on any atom is -0.298 e. The summed E-state index contributed by atoms with van der Waals surface area (Å²) in [5.74, 6) is -0.201. The number of alkyl halides is 3. The van der Waals surface area contributed by atoms with Gasteiger partial charge in [0.05, 0.1) is 5.56 Å². The Morgan fingerprint density at radius 3 is 2.58 bits per heavy atom. The smallest absolute Gasteiger partial charge is 0.298 e. The van der Waals surface area contributed by atoms with Crippen LogP contribution in [-0.4, -0.2) is 23.8 Å². The highest BCUT2D eigenvalue weighted by Crippen LogP contribution is 2.30. The quantitative estimate of drug-likeness (QED) is 0.732. The maximum Gasteiger partial charge on any atom is 0.416 e. The first kappa shape index (κ1) is 17.2. The van der Waals surface area contributed by atoms with E-state index in [0.717, 1.165) is 38.1 Å². The fourth-order valence-corrected chi connectivity index (χ4v) is 3.77. The molecule has 2 heterocycles. The van der Waals surface area contributed by atoms with E-state index in [-0.39, 0.29) is 11.7 Å². The van der Waals surface area contributed by atoms with E-state index in [1.165, 1.54) is 17.7 Å². The van der Waals surface area contributed by atoms with Crippen molar-refractivity contribution in [3.63, 3.8) is 0 Å². The molecule has 24 heavy (non-hydrogen) atoms. The zero-order chi connectivity index (χ0) is 17.2. The standard InChI is InChI=1S/C18H18F3NOS/c19-18(20,21)16-5-3-14(4-6-16)17(23)15-2-1-8-22(11-15)10-13-7-9-24-12-13/h3-7,9,12,15H,1-2,8,10-11H2/t15-/m1/s1. The predicted octanol–water partition coefficient (Wildman–Crippen LogP) is 4.86. The summed E-state index contributed by atoms with van der Waals surface area (Å²) in [4.78, 5) is 14.9. The molecule has 0 radical (unpaired) electrons. The van der Waals surface area contributed by atoms with Gasteiger partial charge in [-0.2, -0.15) is 24.5 Å². The molecule has 0 spiro atoms. The third kappa shape index (κ3) is 4.05. The number of carbonyl (C=O) groups excluding carboxylic acids is 1. The molecular formula is C18H18F3NOS. The van der Waals surface area contributed by atoms with Crippen LogP contribution in [0.25, 0.3) is 0 Å². The highest BCUT2D eigenvalue weighted by Gasteiger charge is 2.31. The largest absolute Gasteiger partial charge is 0.416 e. The molecule has 1 aromatic heterocycles. The van der Waals surface area contributed by atoms with E-state index < -0.39 is 11.7 Å². The van der Waals surface area contributed by atoms with E-state index >= 15 is 0 Å². The minimum absolute atomic E-state index is 0.0567. The number of ketones is 1. The molecular weight excluding hydrogens is 335 g/mol. The molecule has 0 amide bonds. The fraction of sp³-hybridized carbons (Fsp3) is 0.389. The van der Waals surface area contributed by atoms with Gasteiger partial charge in [0.2, 0.25) is 0 Å². The molecule has 1 atom stereocenters. The van der Waals surface area contributed by atoms with E-state index in [9.17, 15) is 18.0 Å². The first-order valence-electron chi connectivity index (χ1n) is 7.88. The van der Waals surface area contributed by atoms with Gasteiger partial charge in [0.25, 0.3) is 0 Å². The number of hydrogen-bond acceptors (Lipinski definition) is 3. The summed E-state index contributed by atoms with van der Waals surface area (Å²) in [5, 5.41) is 4.13. The van der Waals surface area contributed by atoms with Crippen molar-refractivity contribution < 1.29 is 18.0 Å². The van der Waals surface area contributed by atoms with Crippen LogP contribution >= 0.6 is 11.3 Å². The lowest BCUT2D eigenvalue weighted by molar-refractivity contribution is -0.137. The van der Waals surface area contributed by atoms with Gasteiger partial charge in [-0.3, -0.25) is 9.69 Å². The number of benzene rings is 1. The zero-order valence-corrected chi connectivity index (χ0v) is 13.9. The first-order valence-corrected chi connectivity index (χ1v) is 8.82. The third-order valence-electron chi connectivity index (χ3n) is 4.36. The second-order valence-corrected chi connectivity index (χ2v) is 6.93. The summed E-state index contributed by atoms with van der Waals surface area (Å²) in [6.45, 7) is 2.43. The summed E-state index contributed by atoms with van der Waals surface area (Å²) in [5.41, 5.74) is 0.884. The van der Waals surface area contributed by atoms with Crippen molar-refractivity contribution in [3.8, 4) is 0 Å². The van der Waals surface area contributed by atoms with E-state index in [0.29, 0.717) is 12.1 Å². The van der Waals surface area contributed by atoms with Gasteiger partial charge in [0.15, 0.2) is 5.78 Å². The molecule has 1 fully saturated rings. The van der Waals surface area contributed by atoms with E-state index in [2.05, 4.69) is 16.3 Å². The van der Waals surface area contributed by atoms with Crippen molar-refractivity contribution in [2.24, 2.45) is 5.92 Å². The van der Waals surface area contributed by atoms with Crippen LogP contribution in [0.3, 0.4) is 0 Å². The molecule has 1 aliphatic heterocycles. The maximum absolute atomic E-state index is 12.6. The second-order valence-electron chi connectivity index (χ2n) is 6.15. The fourth-order valence-electron chi connectivity index (χ4n) is 3.11. The molecule has 0 saturated carbocycles. The van der Waals surface area contributed by atoms with Crippen molar-refractivity contribution in [2.75, 3.05) is 13.1 Å². The predicted molar refractivity (Wildman–Crippen MR) is 88.1 cm³/mol. The summed E-state index contributed by atoms with van der Waals surface area (Å²) in [7, 11) is 0. The highest BCUT2D eigenvalue weighted by atomic mass is 32.1. The van der Waals surface area contributed by atoms with Gasteiger partial charge in [0.1, 0.15) is 0 Å². The van der Waals surface area contributed by atoms with Crippen molar-refractivity contribution in [1.29, 1.82) is 0 Å². The number of halogens is 3. The Morgan fingerprint density at radius 1 is 1.21 bits per heavy atom. The average Bonchev–Trinajstić information content (AvgIpc) is 3.07. The molecule has 1 aliphatic rings. The van der Waals surface area contributed by atoms with Gasteiger partial charge in [-0.15, -0.1) is 0 Å². The average molecular weight is 353 g/mol. The van der Waals surface area contributed by atoms with Crippen LogP contribution < -0.4 is 0 Å². The third-order valence-corrected chi connectivity index (χ3v) is 5.09. The summed E-state index contributed by atoms with van der Waals surface area (Å²) < 4.78 is 37.8. The Bertz CT molecular complexity index is 679. The monoisotopic (exact) mass is 353 g/mol. The second kappa shape index (κ2) is 7.07. The Hall–Kier alpha value is -1.66. The van der Waals surface area contributed by atoms with Gasteiger partial charge in [-0.25, -0.2) is 0 Å². The number of hydrogen-bond donors (Lipinski definition) is 0. The van der Waals surface area contributed by atoms with Crippen LogP contribution in [0.4, 0.5) is 13.2 Å². The first-order chi connectivity index (χ1) is 11.4. The molecule has 2 aromatic rings. The van der Waals surface area contributed by atoms with Gasteiger partial charge in [-0.05, 0) is 53.9 Å². The van der Waals surface area contributed by atoms with Crippen molar-refractivity contribution in [1.82, 2.24) is 4.90 Å². The molecule has 0 unspecified atom stereocenters. The summed E-state index contributed by atoms with van der Waals surface area (Å²) >= 11 is 1.65. The molecule has 1 saturated heterocycles. The molecule has 0 aliphatic carbocycles. The van der Waals surface area contributed by atoms with Crippen molar-refractivity contribution in [2.45, 2.75) is 25.6 Å². The lowest BCUT2D eigenvalue weighted by atomic mass is 9.89. The maximum atomic E-state index is 12.6. The number of carbonyl (C=O) groups is 1. The Kier molecular flexibility index (Phi) is 5.06.